The fourth-order valence-corrected chi connectivity index (χ4v) is 6.52. The van der Waals surface area contributed by atoms with Crippen LogP contribution in [0.3, 0.4) is 0 Å². The molecule has 2 nitrogen and oxygen atoms in total. The predicted octanol–water partition coefficient (Wildman–Crippen LogP) is 6.00. The first-order valence-corrected chi connectivity index (χ1v) is 12.6. The highest BCUT2D eigenvalue weighted by atomic mass is 28.3. The van der Waals surface area contributed by atoms with E-state index < -0.39 is 13.7 Å². The highest BCUT2D eigenvalue weighted by Gasteiger charge is 2.54. The molecule has 1 atom stereocenters. The van der Waals surface area contributed by atoms with E-state index in [0.717, 1.165) is 21.9 Å². The topological polar surface area (TPSA) is 26.3 Å². The van der Waals surface area contributed by atoms with Crippen LogP contribution in [0, 0.1) is 0 Å². The third kappa shape index (κ3) is 3.13. The second-order valence-electron chi connectivity index (χ2n) is 8.99. The maximum atomic E-state index is 13.5. The summed E-state index contributed by atoms with van der Waals surface area (Å²) in [7, 11) is -0.335. The molecule has 0 saturated carbocycles. The van der Waals surface area contributed by atoms with Crippen LogP contribution in [0.5, 0.6) is 0 Å². The molecule has 3 heteroatoms. The van der Waals surface area contributed by atoms with Gasteiger partial charge in [0.15, 0.2) is 5.78 Å². The predicted molar refractivity (Wildman–Crippen MR) is 115 cm³/mol. The highest BCUT2D eigenvalue weighted by Crippen LogP contribution is 2.55. The van der Waals surface area contributed by atoms with Gasteiger partial charge in [-0.3, -0.25) is 4.79 Å². The Kier molecular flexibility index (Phi) is 5.04. The van der Waals surface area contributed by atoms with Crippen LogP contribution in [-0.4, -0.2) is 21.0 Å². The van der Waals surface area contributed by atoms with E-state index in [1.54, 1.807) is 7.11 Å². The number of allylic oxidation sites excluding steroid dienone is 1. The standard InChI is InChI=1S/C24H30O2Si/c1-23(2,3)27(5,6)22-20(25)17-24(26-4,19-15-11-8-12-16-19)21(22)18-13-9-7-10-14-18/h7-16H,17H2,1-6H3. The molecule has 2 aromatic carbocycles. The molecule has 1 aliphatic rings. The summed E-state index contributed by atoms with van der Waals surface area (Å²) in [5, 5.41) is 1.10. The Hall–Kier alpha value is -1.97. The van der Waals surface area contributed by atoms with Gasteiger partial charge in [0.2, 0.25) is 0 Å². The fourth-order valence-electron chi connectivity index (χ4n) is 4.01. The zero-order valence-corrected chi connectivity index (χ0v) is 18.3. The number of ketones is 1. The molecule has 1 unspecified atom stereocenters. The minimum Gasteiger partial charge on any atom is -0.368 e. The molecule has 0 aromatic heterocycles. The zero-order valence-electron chi connectivity index (χ0n) is 17.3. The quantitative estimate of drug-likeness (QED) is 0.610. The Morgan fingerprint density at radius 1 is 0.926 bits per heavy atom. The van der Waals surface area contributed by atoms with Crippen molar-refractivity contribution in [3.63, 3.8) is 0 Å². The van der Waals surface area contributed by atoms with Gasteiger partial charge in [-0.25, -0.2) is 0 Å². The van der Waals surface area contributed by atoms with Gasteiger partial charge in [0, 0.05) is 13.5 Å². The molecular formula is C24H30O2Si. The van der Waals surface area contributed by atoms with Crippen LogP contribution in [0.4, 0.5) is 0 Å². The molecule has 0 bridgehead atoms. The van der Waals surface area contributed by atoms with Crippen LogP contribution in [0.25, 0.3) is 5.57 Å². The van der Waals surface area contributed by atoms with Crippen molar-refractivity contribution in [3.05, 3.63) is 77.0 Å². The summed E-state index contributed by atoms with van der Waals surface area (Å²) in [5.41, 5.74) is 2.50. The highest BCUT2D eigenvalue weighted by molar-refractivity contribution is 6.92. The Morgan fingerprint density at radius 2 is 1.44 bits per heavy atom. The van der Waals surface area contributed by atoms with Crippen LogP contribution in [0.15, 0.2) is 65.9 Å². The maximum absolute atomic E-state index is 13.5. The summed E-state index contributed by atoms with van der Waals surface area (Å²) >= 11 is 0. The zero-order chi connectivity index (χ0) is 19.9. The lowest BCUT2D eigenvalue weighted by molar-refractivity contribution is -0.117. The number of ether oxygens (including phenoxy) is 1. The van der Waals surface area contributed by atoms with Crippen LogP contribution in [-0.2, 0) is 15.1 Å². The molecule has 0 spiro atoms. The van der Waals surface area contributed by atoms with Gasteiger partial charge >= 0.3 is 0 Å². The Bertz CT molecular complexity index is 860. The molecule has 0 amide bonds. The van der Waals surface area contributed by atoms with Crippen LogP contribution in [0.1, 0.15) is 38.3 Å². The first-order chi connectivity index (χ1) is 12.6. The van der Waals surface area contributed by atoms with Crippen molar-refractivity contribution in [2.45, 2.75) is 50.9 Å². The first-order valence-electron chi connectivity index (χ1n) is 9.59. The summed E-state index contributed by atoms with van der Waals surface area (Å²) in [6.45, 7) is 11.4. The molecule has 1 aliphatic carbocycles. The smallest absolute Gasteiger partial charge is 0.158 e. The van der Waals surface area contributed by atoms with Gasteiger partial charge < -0.3 is 4.74 Å². The second-order valence-corrected chi connectivity index (χ2v) is 14.2. The summed E-state index contributed by atoms with van der Waals surface area (Å²) in [6, 6.07) is 20.5. The third-order valence-electron chi connectivity index (χ3n) is 6.49. The van der Waals surface area contributed by atoms with Crippen molar-refractivity contribution < 1.29 is 9.53 Å². The molecule has 0 radical (unpaired) electrons. The minimum absolute atomic E-state index is 0.0680. The summed E-state index contributed by atoms with van der Waals surface area (Å²) in [4.78, 5) is 13.5. The number of hydrogen-bond acceptors (Lipinski definition) is 2. The Morgan fingerprint density at radius 3 is 1.93 bits per heavy atom. The van der Waals surface area contributed by atoms with E-state index in [2.05, 4.69) is 58.1 Å². The van der Waals surface area contributed by atoms with Gasteiger partial charge in [0.25, 0.3) is 0 Å². The summed E-state index contributed by atoms with van der Waals surface area (Å²) in [6.07, 6.45) is 0.375. The third-order valence-corrected chi connectivity index (χ3v) is 12.0. The summed E-state index contributed by atoms with van der Waals surface area (Å²) < 4.78 is 6.20. The van der Waals surface area contributed by atoms with Gasteiger partial charge in [-0.1, -0.05) is 94.5 Å². The molecule has 0 heterocycles. The van der Waals surface area contributed by atoms with Crippen molar-refractivity contribution in [3.8, 4) is 0 Å². The molecule has 0 aliphatic heterocycles. The molecule has 3 rings (SSSR count). The molecule has 0 saturated heterocycles. The van der Waals surface area contributed by atoms with Gasteiger partial charge in [0.1, 0.15) is 5.60 Å². The van der Waals surface area contributed by atoms with E-state index in [1.165, 1.54) is 0 Å². The van der Waals surface area contributed by atoms with Gasteiger partial charge in [0.05, 0.1) is 8.07 Å². The van der Waals surface area contributed by atoms with E-state index >= 15 is 0 Å². The first kappa shape index (κ1) is 19.8. The molecule has 27 heavy (non-hydrogen) atoms. The fraction of sp³-hybridized carbons (Fsp3) is 0.375. The minimum atomic E-state index is -2.07. The van der Waals surface area contributed by atoms with E-state index in [0.29, 0.717) is 6.42 Å². The number of hydrogen-bond donors (Lipinski definition) is 0. The van der Waals surface area contributed by atoms with Gasteiger partial charge in [-0.2, -0.15) is 0 Å². The molecule has 142 valence electrons. The van der Waals surface area contributed by atoms with E-state index in [9.17, 15) is 4.79 Å². The van der Waals surface area contributed by atoms with E-state index in [4.69, 9.17) is 4.74 Å². The Balaban J connectivity index is 2.39. The monoisotopic (exact) mass is 378 g/mol. The average Bonchev–Trinajstić information content (AvgIpc) is 2.96. The number of carbonyl (C=O) groups excluding carboxylic acids is 1. The number of rotatable bonds is 4. The maximum Gasteiger partial charge on any atom is 0.158 e. The Labute approximate surface area is 164 Å². The van der Waals surface area contributed by atoms with Crippen molar-refractivity contribution in [1.82, 2.24) is 0 Å². The van der Waals surface area contributed by atoms with Crippen molar-refractivity contribution in [2.75, 3.05) is 7.11 Å². The van der Waals surface area contributed by atoms with Gasteiger partial charge in [-0.05, 0) is 26.9 Å². The van der Waals surface area contributed by atoms with Crippen molar-refractivity contribution in [2.24, 2.45) is 0 Å². The normalized spacial score (nSPS) is 21.0. The van der Waals surface area contributed by atoms with Crippen molar-refractivity contribution >= 4 is 19.4 Å². The van der Waals surface area contributed by atoms with Crippen LogP contribution >= 0.6 is 0 Å². The van der Waals surface area contributed by atoms with E-state index in [1.807, 2.05) is 36.4 Å². The number of Topliss-reactive ketones (excluding diaryl/α,β-unsaturated/α-hetero) is 1. The molecule has 0 N–H and O–H groups in total. The molecular weight excluding hydrogens is 348 g/mol. The van der Waals surface area contributed by atoms with Crippen LogP contribution in [0.2, 0.25) is 18.1 Å². The second kappa shape index (κ2) is 6.88. The number of methoxy groups -OCH3 is 1. The lowest BCUT2D eigenvalue weighted by Gasteiger charge is -2.39. The molecule has 2 aromatic rings. The SMILES string of the molecule is COC1(c2ccccc2)CC(=O)C([Si](C)(C)C(C)(C)C)=C1c1ccccc1. The number of benzene rings is 2. The average molecular weight is 379 g/mol. The lowest BCUT2D eigenvalue weighted by Crippen LogP contribution is -2.42. The number of carbonyl (C=O) groups is 1. The van der Waals surface area contributed by atoms with Gasteiger partial charge in [-0.15, -0.1) is 0 Å². The lowest BCUT2D eigenvalue weighted by atomic mass is 9.83. The van der Waals surface area contributed by atoms with E-state index in [-0.39, 0.29) is 10.8 Å². The summed E-state index contributed by atoms with van der Waals surface area (Å²) in [5.74, 6) is 0.242. The van der Waals surface area contributed by atoms with Crippen LogP contribution < -0.4 is 0 Å². The van der Waals surface area contributed by atoms with Crippen molar-refractivity contribution in [1.29, 1.82) is 0 Å². The largest absolute Gasteiger partial charge is 0.368 e. The molecule has 0 fully saturated rings.